The lowest BCUT2D eigenvalue weighted by Gasteiger charge is -2.12. The van der Waals surface area contributed by atoms with Crippen LogP contribution in [-0.2, 0) is 11.3 Å². The Morgan fingerprint density at radius 1 is 1.33 bits per heavy atom. The summed E-state index contributed by atoms with van der Waals surface area (Å²) in [6.45, 7) is 2.51. The third-order valence-electron chi connectivity index (χ3n) is 2.04. The zero-order chi connectivity index (χ0) is 11.1. The number of rotatable bonds is 5. The maximum atomic E-state index is 5.73. The van der Waals surface area contributed by atoms with E-state index in [2.05, 4.69) is 5.32 Å². The highest BCUT2D eigenvalue weighted by Crippen LogP contribution is 2.08. The largest absolute Gasteiger partial charge is 0.474 e. The minimum absolute atomic E-state index is 0.477. The van der Waals surface area contributed by atoms with E-state index in [-0.39, 0.29) is 0 Å². The first-order valence-electron chi connectivity index (χ1n) is 4.88. The van der Waals surface area contributed by atoms with Crippen LogP contribution in [0.3, 0.4) is 0 Å². The molecule has 0 atom stereocenters. The number of allylic oxidation sites excluding steroid dienone is 1. The van der Waals surface area contributed by atoms with Crippen molar-refractivity contribution in [3.63, 3.8) is 0 Å². The minimum Gasteiger partial charge on any atom is -0.474 e. The molecule has 1 N–H and O–H groups in total. The molecule has 82 valence electrons. The van der Waals surface area contributed by atoms with Crippen LogP contribution in [0.2, 0.25) is 0 Å². The predicted octanol–water partition coefficient (Wildman–Crippen LogP) is 2.89. The number of alkyl halides is 1. The fourth-order valence-electron chi connectivity index (χ4n) is 1.20. The van der Waals surface area contributed by atoms with Gasteiger partial charge in [-0.3, -0.25) is 0 Å². The molecule has 0 aliphatic rings. The van der Waals surface area contributed by atoms with Gasteiger partial charge in [-0.05, 0) is 12.5 Å². The molecule has 0 saturated heterocycles. The molecule has 0 aliphatic heterocycles. The van der Waals surface area contributed by atoms with Gasteiger partial charge in [0.25, 0.3) is 0 Å². The number of hydrogen-bond donors (Lipinski definition) is 1. The molecule has 15 heavy (non-hydrogen) atoms. The van der Waals surface area contributed by atoms with E-state index in [9.17, 15) is 0 Å². The van der Waals surface area contributed by atoms with Crippen molar-refractivity contribution in [3.05, 3.63) is 47.4 Å². The maximum Gasteiger partial charge on any atom is 0.186 e. The summed E-state index contributed by atoms with van der Waals surface area (Å²) >= 11 is 5.73. The lowest BCUT2D eigenvalue weighted by molar-refractivity contribution is 0.178. The van der Waals surface area contributed by atoms with Gasteiger partial charge in [0.1, 0.15) is 6.61 Å². The van der Waals surface area contributed by atoms with E-state index < -0.39 is 0 Å². The van der Waals surface area contributed by atoms with Crippen molar-refractivity contribution in [2.24, 2.45) is 0 Å². The van der Waals surface area contributed by atoms with Gasteiger partial charge in [0.05, 0.1) is 0 Å². The molecular weight excluding hydrogens is 210 g/mol. The van der Waals surface area contributed by atoms with Crippen molar-refractivity contribution < 1.29 is 4.74 Å². The first kappa shape index (κ1) is 11.9. The Morgan fingerprint density at radius 3 is 2.53 bits per heavy atom. The van der Waals surface area contributed by atoms with Gasteiger partial charge in [-0.1, -0.05) is 30.3 Å². The Bertz CT molecular complexity index is 322. The standard InChI is InChI=1S/C12H16ClNO/c1-10(8-13)12(14-2)15-9-11-6-4-3-5-7-11/h3-7,14H,8-9H2,1-2H3/b12-10-. The summed E-state index contributed by atoms with van der Waals surface area (Å²) in [5.74, 6) is 1.24. The second-order valence-corrected chi connectivity index (χ2v) is 3.53. The van der Waals surface area contributed by atoms with Crippen LogP contribution in [-0.4, -0.2) is 12.9 Å². The number of ether oxygens (including phenoxy) is 1. The molecule has 0 heterocycles. The Morgan fingerprint density at radius 2 is 2.00 bits per heavy atom. The van der Waals surface area contributed by atoms with Gasteiger partial charge < -0.3 is 10.1 Å². The van der Waals surface area contributed by atoms with Crippen LogP contribution in [0, 0.1) is 0 Å². The van der Waals surface area contributed by atoms with Crippen LogP contribution in [0.5, 0.6) is 0 Å². The molecule has 0 bridgehead atoms. The monoisotopic (exact) mass is 225 g/mol. The van der Waals surface area contributed by atoms with Crippen LogP contribution >= 0.6 is 11.6 Å². The molecule has 0 fully saturated rings. The van der Waals surface area contributed by atoms with Crippen molar-refractivity contribution in [2.75, 3.05) is 12.9 Å². The Kier molecular flexibility index (Phi) is 5.05. The maximum absolute atomic E-state index is 5.73. The fraction of sp³-hybridized carbons (Fsp3) is 0.333. The van der Waals surface area contributed by atoms with Gasteiger partial charge in [-0.25, -0.2) is 0 Å². The first-order chi connectivity index (χ1) is 7.27. The van der Waals surface area contributed by atoms with Gasteiger partial charge >= 0.3 is 0 Å². The fourth-order valence-corrected chi connectivity index (χ4v) is 1.32. The number of halogens is 1. The molecule has 3 heteroatoms. The lowest BCUT2D eigenvalue weighted by Crippen LogP contribution is -2.12. The lowest BCUT2D eigenvalue weighted by atomic mass is 10.2. The summed E-state index contributed by atoms with van der Waals surface area (Å²) in [6, 6.07) is 10.0. The molecule has 1 rings (SSSR count). The minimum atomic E-state index is 0.477. The highest BCUT2D eigenvalue weighted by molar-refractivity contribution is 6.19. The van der Waals surface area contributed by atoms with Crippen molar-refractivity contribution >= 4 is 11.6 Å². The van der Waals surface area contributed by atoms with Crippen LogP contribution in [0.1, 0.15) is 12.5 Å². The Hall–Kier alpha value is -1.15. The van der Waals surface area contributed by atoms with Gasteiger partial charge in [0.15, 0.2) is 5.88 Å². The van der Waals surface area contributed by atoms with Crippen molar-refractivity contribution in [1.29, 1.82) is 0 Å². The van der Waals surface area contributed by atoms with Gasteiger partial charge in [-0.15, -0.1) is 11.6 Å². The van der Waals surface area contributed by atoms with Gasteiger partial charge in [0.2, 0.25) is 0 Å². The van der Waals surface area contributed by atoms with Crippen LogP contribution in [0.4, 0.5) is 0 Å². The quantitative estimate of drug-likeness (QED) is 0.615. The SMILES string of the molecule is CN/C(OCc1ccccc1)=C(\C)CCl. The molecule has 0 spiro atoms. The van der Waals surface area contributed by atoms with E-state index in [1.165, 1.54) is 0 Å². The molecular formula is C12H16ClNO. The third kappa shape index (κ3) is 3.84. The molecule has 0 radical (unpaired) electrons. The number of benzene rings is 1. The molecule has 0 aromatic heterocycles. The summed E-state index contributed by atoms with van der Waals surface area (Å²) in [5.41, 5.74) is 2.16. The van der Waals surface area contributed by atoms with Gasteiger partial charge in [-0.2, -0.15) is 0 Å². The highest BCUT2D eigenvalue weighted by atomic mass is 35.5. The third-order valence-corrected chi connectivity index (χ3v) is 2.44. The molecule has 1 aromatic rings. The second-order valence-electron chi connectivity index (χ2n) is 3.27. The highest BCUT2D eigenvalue weighted by Gasteiger charge is 2.01. The smallest absolute Gasteiger partial charge is 0.186 e. The van der Waals surface area contributed by atoms with Crippen molar-refractivity contribution in [2.45, 2.75) is 13.5 Å². The first-order valence-corrected chi connectivity index (χ1v) is 5.41. The number of hydrogen-bond acceptors (Lipinski definition) is 2. The van der Waals surface area contributed by atoms with E-state index in [1.807, 2.05) is 44.3 Å². The van der Waals surface area contributed by atoms with E-state index in [4.69, 9.17) is 16.3 Å². The Labute approximate surface area is 95.9 Å². The molecule has 0 saturated carbocycles. The summed E-state index contributed by atoms with van der Waals surface area (Å²) in [6.07, 6.45) is 0. The predicted molar refractivity (Wildman–Crippen MR) is 63.7 cm³/mol. The summed E-state index contributed by atoms with van der Waals surface area (Å²) in [7, 11) is 1.83. The Balaban J connectivity index is 2.56. The molecule has 1 aromatic carbocycles. The zero-order valence-corrected chi connectivity index (χ0v) is 9.84. The average Bonchev–Trinajstić information content (AvgIpc) is 2.31. The van der Waals surface area contributed by atoms with Gasteiger partial charge in [0, 0.05) is 18.5 Å². The van der Waals surface area contributed by atoms with Crippen molar-refractivity contribution in [3.8, 4) is 0 Å². The summed E-state index contributed by atoms with van der Waals surface area (Å²) < 4.78 is 5.61. The van der Waals surface area contributed by atoms with Crippen LogP contribution in [0.15, 0.2) is 41.8 Å². The van der Waals surface area contributed by atoms with E-state index in [1.54, 1.807) is 0 Å². The van der Waals surface area contributed by atoms with Crippen molar-refractivity contribution in [1.82, 2.24) is 5.32 Å². The van der Waals surface area contributed by atoms with E-state index >= 15 is 0 Å². The van der Waals surface area contributed by atoms with E-state index in [0.29, 0.717) is 12.5 Å². The normalized spacial score (nSPS) is 11.9. The van der Waals surface area contributed by atoms with Crippen LogP contribution < -0.4 is 5.32 Å². The molecule has 0 aliphatic carbocycles. The van der Waals surface area contributed by atoms with Crippen LogP contribution in [0.25, 0.3) is 0 Å². The average molecular weight is 226 g/mol. The topological polar surface area (TPSA) is 21.3 Å². The molecule has 0 amide bonds. The molecule has 2 nitrogen and oxygen atoms in total. The zero-order valence-electron chi connectivity index (χ0n) is 9.09. The number of nitrogens with one attached hydrogen (secondary N) is 1. The molecule has 0 unspecified atom stereocenters. The summed E-state index contributed by atoms with van der Waals surface area (Å²) in [5, 5.41) is 3.00. The van der Waals surface area contributed by atoms with E-state index in [0.717, 1.165) is 17.0 Å². The second kappa shape index (κ2) is 6.36. The summed E-state index contributed by atoms with van der Waals surface area (Å²) in [4.78, 5) is 0.